The van der Waals surface area contributed by atoms with Gasteiger partial charge in [0.25, 0.3) is 0 Å². The van der Waals surface area contributed by atoms with E-state index in [0.29, 0.717) is 25.7 Å². The maximum Gasteiger partial charge on any atom is 0.196 e. The monoisotopic (exact) mass is 425 g/mol. The second-order valence-corrected chi connectivity index (χ2v) is 7.42. The van der Waals surface area contributed by atoms with E-state index in [1.54, 1.807) is 10.9 Å². The molecule has 166 valence electrons. The summed E-state index contributed by atoms with van der Waals surface area (Å²) in [5.41, 5.74) is 1.98. The average Bonchev–Trinajstić information content (AvgIpc) is 3.41. The highest BCUT2D eigenvalue weighted by Crippen LogP contribution is 2.17. The summed E-state index contributed by atoms with van der Waals surface area (Å²) in [6.45, 7) is 6.40. The molecule has 2 heterocycles. The third-order valence-corrected chi connectivity index (χ3v) is 4.25. The molecule has 0 bridgehead atoms. The van der Waals surface area contributed by atoms with Crippen LogP contribution in [-0.4, -0.2) is 35.0 Å². The molecule has 31 heavy (non-hydrogen) atoms. The second-order valence-electron chi connectivity index (χ2n) is 7.42. The second kappa shape index (κ2) is 11.8. The van der Waals surface area contributed by atoms with E-state index in [4.69, 9.17) is 13.9 Å². The van der Waals surface area contributed by atoms with E-state index in [9.17, 15) is 0 Å². The first kappa shape index (κ1) is 22.4. The van der Waals surface area contributed by atoms with Crippen molar-refractivity contribution in [2.75, 3.05) is 18.5 Å². The molecule has 0 aliphatic rings. The van der Waals surface area contributed by atoms with Crippen LogP contribution in [0, 0.1) is 0 Å². The Morgan fingerprint density at radius 3 is 2.74 bits per heavy atom. The third kappa shape index (κ3) is 8.18. The first-order valence-corrected chi connectivity index (χ1v) is 10.5. The zero-order valence-corrected chi connectivity index (χ0v) is 18.4. The van der Waals surface area contributed by atoms with Crippen molar-refractivity contribution in [2.24, 2.45) is 12.0 Å². The molecule has 8 nitrogen and oxygen atoms in total. The summed E-state index contributed by atoms with van der Waals surface area (Å²) in [6, 6.07) is 11.6. The van der Waals surface area contributed by atoms with Gasteiger partial charge in [0.15, 0.2) is 5.96 Å². The molecular formula is C23H31N5O3. The number of benzene rings is 1. The molecule has 0 saturated heterocycles. The summed E-state index contributed by atoms with van der Waals surface area (Å²) in [5.74, 6) is 2.38. The van der Waals surface area contributed by atoms with Gasteiger partial charge in [-0.3, -0.25) is 4.68 Å². The van der Waals surface area contributed by atoms with Crippen LogP contribution in [0.5, 0.6) is 5.75 Å². The van der Waals surface area contributed by atoms with E-state index in [1.165, 1.54) is 0 Å². The molecule has 0 unspecified atom stereocenters. The van der Waals surface area contributed by atoms with E-state index in [0.717, 1.165) is 35.7 Å². The first-order chi connectivity index (χ1) is 15.1. The van der Waals surface area contributed by atoms with Gasteiger partial charge in [0.2, 0.25) is 0 Å². The van der Waals surface area contributed by atoms with Crippen LogP contribution in [-0.2, 0) is 24.9 Å². The predicted molar refractivity (Wildman–Crippen MR) is 121 cm³/mol. The first-order valence-electron chi connectivity index (χ1n) is 10.5. The van der Waals surface area contributed by atoms with Crippen LogP contribution in [0.4, 0.5) is 5.69 Å². The Bertz CT molecular complexity index is 917. The molecule has 0 spiro atoms. The molecule has 0 radical (unpaired) electrons. The lowest BCUT2D eigenvalue weighted by atomic mass is 10.3. The van der Waals surface area contributed by atoms with Crippen molar-refractivity contribution in [1.82, 2.24) is 15.1 Å². The van der Waals surface area contributed by atoms with E-state index >= 15 is 0 Å². The molecule has 8 heteroatoms. The molecule has 0 aliphatic heterocycles. The molecule has 0 atom stereocenters. The van der Waals surface area contributed by atoms with E-state index < -0.39 is 0 Å². The SMILES string of the molecule is CC(C)Oc1ccc(NC(=NCc2cnn(C)c2)NCCCOCc2ccco2)cc1. The Hall–Kier alpha value is -3.26. The minimum Gasteiger partial charge on any atom is -0.491 e. The van der Waals surface area contributed by atoms with Gasteiger partial charge in [-0.25, -0.2) is 4.99 Å². The highest BCUT2D eigenvalue weighted by Gasteiger charge is 2.04. The number of furan rings is 1. The minimum atomic E-state index is 0.145. The molecule has 0 amide bonds. The summed E-state index contributed by atoms with van der Waals surface area (Å²) in [4.78, 5) is 4.69. The summed E-state index contributed by atoms with van der Waals surface area (Å²) < 4.78 is 18.4. The molecular weight excluding hydrogens is 394 g/mol. The average molecular weight is 426 g/mol. The summed E-state index contributed by atoms with van der Waals surface area (Å²) in [6.07, 6.45) is 6.42. The Morgan fingerprint density at radius 1 is 1.23 bits per heavy atom. The Balaban J connectivity index is 1.51. The normalized spacial score (nSPS) is 11.7. The van der Waals surface area contributed by atoms with E-state index in [1.807, 2.05) is 69.7 Å². The van der Waals surface area contributed by atoms with E-state index in [2.05, 4.69) is 20.7 Å². The van der Waals surface area contributed by atoms with Crippen LogP contribution in [0.15, 0.2) is 64.5 Å². The van der Waals surface area contributed by atoms with Crippen LogP contribution in [0.2, 0.25) is 0 Å². The smallest absolute Gasteiger partial charge is 0.196 e. The number of nitrogens with one attached hydrogen (secondary N) is 2. The van der Waals surface area contributed by atoms with Crippen molar-refractivity contribution in [1.29, 1.82) is 0 Å². The van der Waals surface area contributed by atoms with Crippen LogP contribution in [0.1, 0.15) is 31.6 Å². The van der Waals surface area contributed by atoms with Crippen molar-refractivity contribution in [3.8, 4) is 5.75 Å². The van der Waals surface area contributed by atoms with Crippen LogP contribution in [0.25, 0.3) is 0 Å². The molecule has 3 rings (SSSR count). The third-order valence-electron chi connectivity index (χ3n) is 4.25. The molecule has 3 aromatic rings. The van der Waals surface area contributed by atoms with Crippen LogP contribution >= 0.6 is 0 Å². The number of anilines is 1. The van der Waals surface area contributed by atoms with Crippen LogP contribution in [0.3, 0.4) is 0 Å². The summed E-state index contributed by atoms with van der Waals surface area (Å²) in [5, 5.41) is 10.9. The largest absolute Gasteiger partial charge is 0.491 e. The fourth-order valence-electron chi connectivity index (χ4n) is 2.84. The minimum absolute atomic E-state index is 0.145. The highest BCUT2D eigenvalue weighted by atomic mass is 16.5. The van der Waals surface area contributed by atoms with Gasteiger partial charge in [-0.05, 0) is 56.7 Å². The fraction of sp³-hybridized carbons (Fsp3) is 0.391. The van der Waals surface area contributed by atoms with Crippen molar-refractivity contribution in [3.05, 3.63) is 66.4 Å². The number of nitrogens with zero attached hydrogens (tertiary/aromatic N) is 3. The van der Waals surface area contributed by atoms with Gasteiger partial charge < -0.3 is 24.5 Å². The van der Waals surface area contributed by atoms with Gasteiger partial charge in [-0.1, -0.05) is 0 Å². The number of aromatic nitrogens is 2. The predicted octanol–water partition coefficient (Wildman–Crippen LogP) is 3.96. The van der Waals surface area contributed by atoms with Crippen molar-refractivity contribution < 1.29 is 13.9 Å². The Kier molecular flexibility index (Phi) is 8.54. The molecule has 0 fully saturated rings. The Labute approximate surface area is 183 Å². The zero-order valence-electron chi connectivity index (χ0n) is 18.4. The number of ether oxygens (including phenoxy) is 2. The number of hydrogen-bond donors (Lipinski definition) is 2. The van der Waals surface area contributed by atoms with Crippen molar-refractivity contribution >= 4 is 11.6 Å². The van der Waals surface area contributed by atoms with Gasteiger partial charge in [0.1, 0.15) is 18.1 Å². The quantitative estimate of drug-likeness (QED) is 0.275. The number of hydrogen-bond acceptors (Lipinski definition) is 5. The Morgan fingerprint density at radius 2 is 2.06 bits per heavy atom. The molecule has 0 aliphatic carbocycles. The number of guanidine groups is 1. The maximum absolute atomic E-state index is 5.71. The van der Waals surface area contributed by atoms with Gasteiger partial charge in [-0.2, -0.15) is 5.10 Å². The molecule has 2 N–H and O–H groups in total. The topological polar surface area (TPSA) is 85.8 Å². The fourth-order valence-corrected chi connectivity index (χ4v) is 2.84. The molecule has 1 aromatic carbocycles. The highest BCUT2D eigenvalue weighted by molar-refractivity contribution is 5.93. The summed E-state index contributed by atoms with van der Waals surface area (Å²) in [7, 11) is 1.90. The lowest BCUT2D eigenvalue weighted by Crippen LogP contribution is -2.32. The van der Waals surface area contributed by atoms with Gasteiger partial charge >= 0.3 is 0 Å². The van der Waals surface area contributed by atoms with Gasteiger partial charge in [-0.15, -0.1) is 0 Å². The number of aryl methyl sites for hydroxylation is 1. The zero-order chi connectivity index (χ0) is 21.9. The lowest BCUT2D eigenvalue weighted by Gasteiger charge is -2.14. The summed E-state index contributed by atoms with van der Waals surface area (Å²) >= 11 is 0. The maximum atomic E-state index is 5.71. The number of aliphatic imine (C=N–C) groups is 1. The lowest BCUT2D eigenvalue weighted by molar-refractivity contribution is 0.105. The van der Waals surface area contributed by atoms with Crippen LogP contribution < -0.4 is 15.4 Å². The molecule has 2 aromatic heterocycles. The standard InChI is InChI=1S/C23H31N5O3/c1-18(2)31-21-9-7-20(8-10-21)27-23(25-14-19-15-26-28(3)16-19)24-11-5-12-29-17-22-6-4-13-30-22/h4,6-10,13,15-16,18H,5,11-12,14,17H2,1-3H3,(H2,24,25,27). The van der Waals surface area contributed by atoms with Crippen molar-refractivity contribution in [3.63, 3.8) is 0 Å². The van der Waals surface area contributed by atoms with Crippen molar-refractivity contribution in [2.45, 2.75) is 39.5 Å². The number of rotatable bonds is 11. The molecule has 0 saturated carbocycles. The van der Waals surface area contributed by atoms with Gasteiger partial charge in [0.05, 0.1) is 25.1 Å². The van der Waals surface area contributed by atoms with E-state index in [-0.39, 0.29) is 6.10 Å². The van der Waals surface area contributed by atoms with Gasteiger partial charge in [0, 0.05) is 37.6 Å².